The van der Waals surface area contributed by atoms with Gasteiger partial charge in [-0.3, -0.25) is 4.68 Å². The maximum atomic E-state index is 9.78. The van der Waals surface area contributed by atoms with Crippen LogP contribution in [0.3, 0.4) is 0 Å². The molecule has 0 aliphatic carbocycles. The second-order valence-electron chi connectivity index (χ2n) is 8.74. The molecule has 0 unspecified atom stereocenters. The Kier molecular flexibility index (Phi) is 6.39. The quantitative estimate of drug-likeness (QED) is 0.656. The average Bonchev–Trinajstić information content (AvgIpc) is 3.46. The van der Waals surface area contributed by atoms with Crippen LogP contribution in [-0.2, 0) is 9.47 Å². The minimum Gasteiger partial charge on any atom is -0.489 e. The van der Waals surface area contributed by atoms with E-state index < -0.39 is 0 Å². The van der Waals surface area contributed by atoms with Gasteiger partial charge in [-0.05, 0) is 48.0 Å². The highest BCUT2D eigenvalue weighted by atomic mass is 16.5. The fourth-order valence-electron chi connectivity index (χ4n) is 4.40. The Hall–Kier alpha value is -3.54. The van der Waals surface area contributed by atoms with Crippen molar-refractivity contribution in [3.63, 3.8) is 0 Å². The minimum absolute atomic E-state index is 0.0873. The summed E-state index contributed by atoms with van der Waals surface area (Å²) in [6.45, 7) is 8.70. The Morgan fingerprint density at radius 3 is 2.85 bits per heavy atom. The number of ether oxygens (including phenoxy) is 3. The molecule has 3 aliphatic rings. The van der Waals surface area contributed by atoms with E-state index in [0.29, 0.717) is 43.8 Å². The Morgan fingerprint density at radius 1 is 1.32 bits per heavy atom. The topological polar surface area (TPSA) is 93.4 Å². The zero-order chi connectivity index (χ0) is 23.5. The number of nitrogens with zero attached hydrogens (tertiary/aromatic N) is 3. The van der Waals surface area contributed by atoms with E-state index >= 15 is 0 Å². The molecule has 2 N–H and O–H groups in total. The molecule has 0 amide bonds. The molecule has 0 bridgehead atoms. The number of benzene rings is 1. The van der Waals surface area contributed by atoms with Crippen molar-refractivity contribution in [2.75, 3.05) is 26.4 Å². The zero-order valence-electron chi connectivity index (χ0n) is 19.3. The molecule has 1 aromatic heterocycles. The number of allylic oxidation sites excluding steroid dienone is 1. The molecule has 2 fully saturated rings. The molecular weight excluding hydrogens is 430 g/mol. The van der Waals surface area contributed by atoms with Crippen molar-refractivity contribution in [3.8, 4) is 11.8 Å². The van der Waals surface area contributed by atoms with Crippen molar-refractivity contribution in [2.24, 2.45) is 0 Å². The lowest BCUT2D eigenvalue weighted by Crippen LogP contribution is -2.35. The minimum atomic E-state index is -0.133. The van der Waals surface area contributed by atoms with Crippen LogP contribution in [0.15, 0.2) is 55.0 Å². The molecule has 3 aliphatic heterocycles. The second kappa shape index (κ2) is 9.75. The summed E-state index contributed by atoms with van der Waals surface area (Å²) < 4.78 is 18.8. The summed E-state index contributed by atoms with van der Waals surface area (Å²) in [6.07, 6.45) is 9.37. The molecule has 1 aromatic carbocycles. The summed E-state index contributed by atoms with van der Waals surface area (Å²) in [5, 5.41) is 21.1. The first-order valence-electron chi connectivity index (χ1n) is 11.6. The molecule has 4 heterocycles. The molecule has 0 spiro atoms. The monoisotopic (exact) mass is 459 g/mol. The van der Waals surface area contributed by atoms with E-state index in [-0.39, 0.29) is 12.3 Å². The second-order valence-corrected chi connectivity index (χ2v) is 8.74. The van der Waals surface area contributed by atoms with Crippen LogP contribution in [0.1, 0.15) is 42.5 Å². The van der Waals surface area contributed by atoms with Gasteiger partial charge in [0.2, 0.25) is 0 Å². The third kappa shape index (κ3) is 4.45. The lowest BCUT2D eigenvalue weighted by Gasteiger charge is -2.25. The van der Waals surface area contributed by atoms with Crippen LogP contribution in [-0.4, -0.2) is 48.5 Å². The first-order chi connectivity index (χ1) is 16.7. The van der Waals surface area contributed by atoms with Crippen molar-refractivity contribution < 1.29 is 14.2 Å². The molecule has 176 valence electrons. The van der Waals surface area contributed by atoms with E-state index in [1.807, 2.05) is 35.3 Å². The highest BCUT2D eigenvalue weighted by Crippen LogP contribution is 2.32. The van der Waals surface area contributed by atoms with Crippen LogP contribution >= 0.6 is 0 Å². The van der Waals surface area contributed by atoms with Gasteiger partial charge in [-0.2, -0.15) is 10.4 Å². The van der Waals surface area contributed by atoms with E-state index in [2.05, 4.69) is 41.4 Å². The maximum Gasteiger partial charge on any atom is 0.137 e. The van der Waals surface area contributed by atoms with Gasteiger partial charge in [0.05, 0.1) is 44.2 Å². The first-order valence-corrected chi connectivity index (χ1v) is 11.6. The van der Waals surface area contributed by atoms with Gasteiger partial charge in [0.25, 0.3) is 0 Å². The van der Waals surface area contributed by atoms with Crippen molar-refractivity contribution >= 4 is 11.3 Å². The summed E-state index contributed by atoms with van der Waals surface area (Å²) in [7, 11) is 0. The van der Waals surface area contributed by atoms with Gasteiger partial charge in [-0.1, -0.05) is 12.6 Å². The summed E-state index contributed by atoms with van der Waals surface area (Å²) >= 11 is 0. The van der Waals surface area contributed by atoms with Crippen LogP contribution in [0, 0.1) is 11.3 Å². The SMILES string of the molecule is C=CN[C@@H]1NC(c2cnn(C3COC3)c2)=C/C1=C(/C)c1ccc(OC2CCOCC2)c(C#N)c1. The van der Waals surface area contributed by atoms with Crippen molar-refractivity contribution in [1.82, 2.24) is 20.4 Å². The van der Waals surface area contributed by atoms with Crippen LogP contribution < -0.4 is 15.4 Å². The predicted octanol–water partition coefficient (Wildman–Crippen LogP) is 3.36. The zero-order valence-corrected chi connectivity index (χ0v) is 19.3. The number of hydrogen-bond acceptors (Lipinski definition) is 7. The maximum absolute atomic E-state index is 9.78. The largest absolute Gasteiger partial charge is 0.489 e. The van der Waals surface area contributed by atoms with Gasteiger partial charge >= 0.3 is 0 Å². The number of nitrogens with one attached hydrogen (secondary N) is 2. The van der Waals surface area contributed by atoms with Crippen LogP contribution in [0.25, 0.3) is 11.3 Å². The lowest BCUT2D eigenvalue weighted by molar-refractivity contribution is -0.0286. The fourth-order valence-corrected chi connectivity index (χ4v) is 4.40. The summed E-state index contributed by atoms with van der Waals surface area (Å²) in [6, 6.07) is 8.44. The lowest BCUT2D eigenvalue weighted by atomic mass is 9.98. The Morgan fingerprint density at radius 2 is 2.15 bits per heavy atom. The van der Waals surface area contributed by atoms with Crippen molar-refractivity contribution in [2.45, 2.75) is 38.1 Å². The fraction of sp³-hybridized carbons (Fsp3) is 0.385. The smallest absolute Gasteiger partial charge is 0.137 e. The molecule has 1 atom stereocenters. The molecular formula is C26H29N5O3. The number of nitriles is 1. The van der Waals surface area contributed by atoms with Gasteiger partial charge in [0, 0.05) is 30.3 Å². The third-order valence-electron chi connectivity index (χ3n) is 6.53. The van der Waals surface area contributed by atoms with Gasteiger partial charge in [-0.15, -0.1) is 0 Å². The van der Waals surface area contributed by atoms with Crippen LogP contribution in [0.5, 0.6) is 5.75 Å². The molecule has 8 nitrogen and oxygen atoms in total. The van der Waals surface area contributed by atoms with E-state index in [4.69, 9.17) is 14.2 Å². The van der Waals surface area contributed by atoms with Gasteiger partial charge in [-0.25, -0.2) is 0 Å². The summed E-state index contributed by atoms with van der Waals surface area (Å²) in [5.74, 6) is 0.630. The van der Waals surface area contributed by atoms with Gasteiger partial charge in [0.15, 0.2) is 0 Å². The highest BCUT2D eigenvalue weighted by Gasteiger charge is 2.26. The molecule has 2 aromatic rings. The Balaban J connectivity index is 1.42. The van der Waals surface area contributed by atoms with E-state index in [9.17, 15) is 5.26 Å². The van der Waals surface area contributed by atoms with Gasteiger partial charge < -0.3 is 24.8 Å². The first kappa shape index (κ1) is 22.3. The van der Waals surface area contributed by atoms with E-state index in [1.165, 1.54) is 0 Å². The number of hydrogen-bond donors (Lipinski definition) is 2. The van der Waals surface area contributed by atoms with E-state index in [0.717, 1.165) is 40.8 Å². The molecule has 34 heavy (non-hydrogen) atoms. The van der Waals surface area contributed by atoms with E-state index in [1.54, 1.807) is 6.20 Å². The van der Waals surface area contributed by atoms with Crippen molar-refractivity contribution in [1.29, 1.82) is 5.26 Å². The molecule has 5 rings (SSSR count). The van der Waals surface area contributed by atoms with Gasteiger partial charge in [0.1, 0.15) is 24.1 Å². The average molecular weight is 460 g/mol. The molecule has 2 saturated heterocycles. The molecule has 8 heteroatoms. The van der Waals surface area contributed by atoms with Crippen LogP contribution in [0.4, 0.5) is 0 Å². The summed E-state index contributed by atoms with van der Waals surface area (Å²) in [5.41, 5.74) is 5.66. The molecule has 0 radical (unpaired) electrons. The normalized spacial score (nSPS) is 22.2. The number of rotatable bonds is 7. The van der Waals surface area contributed by atoms with Crippen LogP contribution in [0.2, 0.25) is 0 Å². The summed E-state index contributed by atoms with van der Waals surface area (Å²) in [4.78, 5) is 0. The predicted molar refractivity (Wildman–Crippen MR) is 129 cm³/mol. The highest BCUT2D eigenvalue weighted by molar-refractivity contribution is 5.80. The Bertz CT molecular complexity index is 1170. The number of aromatic nitrogens is 2. The van der Waals surface area contributed by atoms with Crippen molar-refractivity contribution in [3.05, 3.63) is 71.7 Å². The Labute approximate surface area is 199 Å². The third-order valence-corrected chi connectivity index (χ3v) is 6.53. The standard InChI is InChI=1S/C26H29N5O3/c1-3-28-26-23(11-24(30-26)20-13-29-31(14-20)21-15-33-16-21)17(2)18-4-5-25(19(10-18)12-27)34-22-6-8-32-9-7-22/h3-5,10-11,13-14,21-22,26,28,30H,1,6-9,15-16H2,2H3/b23-17+/t26-/m1/s1. The molecule has 0 saturated carbocycles.